The normalized spacial score (nSPS) is 33.0. The molecule has 2 heterocycles. The molecule has 1 spiro atoms. The minimum Gasteiger partial charge on any atom is -0.381 e. The van der Waals surface area contributed by atoms with Crippen LogP contribution in [0.3, 0.4) is 0 Å². The third-order valence-electron chi connectivity index (χ3n) is 2.00. The minimum absolute atomic E-state index is 0.458. The van der Waals surface area contributed by atoms with Crippen LogP contribution in [0.25, 0.3) is 0 Å². The van der Waals surface area contributed by atoms with Gasteiger partial charge in [0.1, 0.15) is 0 Å². The number of nitrogens with one attached hydrogen (secondary N) is 1. The average Bonchev–Trinajstić information content (AvgIpc) is 2.07. The van der Waals surface area contributed by atoms with Crippen LogP contribution >= 0.6 is 0 Å². The molecule has 2 aliphatic heterocycles. The number of hydrogen-bond acceptors (Lipinski definition) is 2. The van der Waals surface area contributed by atoms with Crippen LogP contribution in [0, 0.1) is 12.0 Å². The largest absolute Gasteiger partial charge is 0.381 e. The molecule has 2 rings (SSSR count). The second kappa shape index (κ2) is 1.45. The second-order valence-corrected chi connectivity index (χ2v) is 2.69. The standard InChI is InChI=1S/C6H10NO/c1-2-8-5-6(1)3-7-4-6/h3,7H,1-2,4-5H2. The molecule has 45 valence electrons. The molecule has 0 aromatic heterocycles. The van der Waals surface area contributed by atoms with Crippen LogP contribution in [0.5, 0.6) is 0 Å². The van der Waals surface area contributed by atoms with Crippen molar-refractivity contribution in [1.29, 1.82) is 0 Å². The average molecular weight is 112 g/mol. The van der Waals surface area contributed by atoms with Gasteiger partial charge in [-0.15, -0.1) is 0 Å². The molecule has 1 N–H and O–H groups in total. The summed E-state index contributed by atoms with van der Waals surface area (Å²) in [5.74, 6) is 0. The van der Waals surface area contributed by atoms with Crippen molar-refractivity contribution in [2.45, 2.75) is 6.42 Å². The molecule has 0 aliphatic carbocycles. The number of rotatable bonds is 0. The summed E-state index contributed by atoms with van der Waals surface area (Å²) in [5.41, 5.74) is 0.458. The highest BCUT2D eigenvalue weighted by Gasteiger charge is 2.40. The Labute approximate surface area is 49.2 Å². The first-order valence-corrected chi connectivity index (χ1v) is 3.07. The molecular weight excluding hydrogens is 102 g/mol. The summed E-state index contributed by atoms with van der Waals surface area (Å²) in [6.07, 6.45) is 1.22. The van der Waals surface area contributed by atoms with Crippen molar-refractivity contribution in [3.8, 4) is 0 Å². The van der Waals surface area contributed by atoms with Crippen LogP contribution in [0.2, 0.25) is 0 Å². The van der Waals surface area contributed by atoms with Crippen molar-refractivity contribution in [2.75, 3.05) is 19.8 Å². The summed E-state index contributed by atoms with van der Waals surface area (Å²) >= 11 is 0. The van der Waals surface area contributed by atoms with E-state index >= 15 is 0 Å². The Morgan fingerprint density at radius 1 is 1.62 bits per heavy atom. The Morgan fingerprint density at radius 2 is 2.50 bits per heavy atom. The fourth-order valence-corrected chi connectivity index (χ4v) is 1.27. The summed E-state index contributed by atoms with van der Waals surface area (Å²) in [6, 6.07) is 0. The molecule has 1 unspecified atom stereocenters. The van der Waals surface area contributed by atoms with E-state index in [9.17, 15) is 0 Å². The summed E-state index contributed by atoms with van der Waals surface area (Å²) in [4.78, 5) is 0. The van der Waals surface area contributed by atoms with Crippen molar-refractivity contribution in [3.05, 3.63) is 6.54 Å². The second-order valence-electron chi connectivity index (χ2n) is 2.69. The molecule has 0 saturated carbocycles. The predicted octanol–water partition coefficient (Wildman–Crippen LogP) is 0.158. The molecule has 8 heavy (non-hydrogen) atoms. The van der Waals surface area contributed by atoms with Crippen LogP contribution in [0.15, 0.2) is 0 Å². The third-order valence-corrected chi connectivity index (χ3v) is 2.00. The highest BCUT2D eigenvalue weighted by molar-refractivity contribution is 5.03. The summed E-state index contributed by atoms with van der Waals surface area (Å²) in [7, 11) is 0. The molecule has 2 fully saturated rings. The van der Waals surface area contributed by atoms with Gasteiger partial charge in [0, 0.05) is 25.1 Å². The van der Waals surface area contributed by atoms with Gasteiger partial charge in [0.25, 0.3) is 0 Å². The van der Waals surface area contributed by atoms with E-state index in [2.05, 4.69) is 11.9 Å². The van der Waals surface area contributed by atoms with Gasteiger partial charge in [-0.2, -0.15) is 0 Å². The van der Waals surface area contributed by atoms with E-state index in [-0.39, 0.29) is 0 Å². The van der Waals surface area contributed by atoms with Gasteiger partial charge in [-0.3, -0.25) is 0 Å². The van der Waals surface area contributed by atoms with E-state index in [1.54, 1.807) is 0 Å². The topological polar surface area (TPSA) is 21.3 Å². The molecule has 2 saturated heterocycles. The molecule has 0 aromatic carbocycles. The minimum atomic E-state index is 0.458. The van der Waals surface area contributed by atoms with Gasteiger partial charge in [-0.25, -0.2) is 0 Å². The van der Waals surface area contributed by atoms with Gasteiger partial charge in [0.2, 0.25) is 0 Å². The SMILES string of the molecule is [CH]1NCC12CCOC2. The van der Waals surface area contributed by atoms with Crippen molar-refractivity contribution >= 4 is 0 Å². The Hall–Kier alpha value is -0.0800. The first-order valence-electron chi connectivity index (χ1n) is 3.07. The maximum Gasteiger partial charge on any atom is 0.0551 e. The number of ether oxygens (including phenoxy) is 1. The summed E-state index contributed by atoms with van der Waals surface area (Å²) < 4.78 is 5.23. The molecule has 0 bridgehead atoms. The zero-order valence-electron chi connectivity index (χ0n) is 4.81. The summed E-state index contributed by atoms with van der Waals surface area (Å²) in [5, 5.41) is 3.14. The molecular formula is C6H10NO. The van der Waals surface area contributed by atoms with Gasteiger partial charge in [-0.1, -0.05) is 0 Å². The van der Waals surface area contributed by atoms with Crippen LogP contribution in [-0.4, -0.2) is 19.8 Å². The molecule has 2 aliphatic rings. The van der Waals surface area contributed by atoms with E-state index in [0.717, 1.165) is 19.8 Å². The van der Waals surface area contributed by atoms with Crippen LogP contribution in [-0.2, 0) is 4.74 Å². The Morgan fingerprint density at radius 3 is 2.75 bits per heavy atom. The highest BCUT2D eigenvalue weighted by Crippen LogP contribution is 2.34. The lowest BCUT2D eigenvalue weighted by Gasteiger charge is -2.36. The Bertz CT molecular complexity index is 90.7. The van der Waals surface area contributed by atoms with Gasteiger partial charge in [0.15, 0.2) is 0 Å². The molecule has 0 amide bonds. The quantitative estimate of drug-likeness (QED) is 0.482. The first kappa shape index (κ1) is 4.77. The van der Waals surface area contributed by atoms with E-state index in [0.29, 0.717) is 5.41 Å². The van der Waals surface area contributed by atoms with Crippen molar-refractivity contribution in [2.24, 2.45) is 5.41 Å². The predicted molar refractivity (Wildman–Crippen MR) is 30.2 cm³/mol. The smallest absolute Gasteiger partial charge is 0.0551 e. The Kier molecular flexibility index (Phi) is 0.866. The molecule has 2 heteroatoms. The van der Waals surface area contributed by atoms with Gasteiger partial charge in [-0.05, 0) is 6.42 Å². The zero-order valence-corrected chi connectivity index (χ0v) is 4.81. The monoisotopic (exact) mass is 112 g/mol. The zero-order chi connectivity index (χ0) is 5.45. The molecule has 2 nitrogen and oxygen atoms in total. The van der Waals surface area contributed by atoms with Crippen molar-refractivity contribution in [1.82, 2.24) is 5.32 Å². The lowest BCUT2D eigenvalue weighted by molar-refractivity contribution is 0.139. The Balaban J connectivity index is 2.01. The van der Waals surface area contributed by atoms with Crippen LogP contribution in [0.4, 0.5) is 0 Å². The van der Waals surface area contributed by atoms with E-state index in [1.807, 2.05) is 0 Å². The summed E-state index contributed by atoms with van der Waals surface area (Å²) in [6.45, 7) is 5.20. The van der Waals surface area contributed by atoms with Gasteiger partial charge in [0.05, 0.1) is 6.61 Å². The number of hydrogen-bond donors (Lipinski definition) is 1. The van der Waals surface area contributed by atoms with Gasteiger partial charge >= 0.3 is 0 Å². The van der Waals surface area contributed by atoms with E-state index < -0.39 is 0 Å². The fraction of sp³-hybridized carbons (Fsp3) is 0.833. The lowest BCUT2D eigenvalue weighted by Crippen LogP contribution is -2.48. The van der Waals surface area contributed by atoms with Crippen LogP contribution in [0.1, 0.15) is 6.42 Å². The highest BCUT2D eigenvalue weighted by atomic mass is 16.5. The van der Waals surface area contributed by atoms with E-state index in [1.165, 1.54) is 6.42 Å². The fourth-order valence-electron chi connectivity index (χ4n) is 1.27. The van der Waals surface area contributed by atoms with Crippen LogP contribution < -0.4 is 5.32 Å². The maximum atomic E-state index is 5.23. The first-order chi connectivity index (χ1) is 3.91. The molecule has 1 atom stereocenters. The molecule has 0 aromatic rings. The van der Waals surface area contributed by atoms with E-state index in [4.69, 9.17) is 4.74 Å². The van der Waals surface area contributed by atoms with Gasteiger partial charge < -0.3 is 10.1 Å². The molecule has 1 radical (unpaired) electrons. The maximum absolute atomic E-state index is 5.23. The van der Waals surface area contributed by atoms with Crippen molar-refractivity contribution in [3.63, 3.8) is 0 Å². The lowest BCUT2D eigenvalue weighted by atomic mass is 9.81. The van der Waals surface area contributed by atoms with Crippen molar-refractivity contribution < 1.29 is 4.74 Å². The third kappa shape index (κ3) is 0.501.